The maximum absolute atomic E-state index is 14.9. The minimum atomic E-state index is -1.21. The minimum Gasteiger partial charge on any atom is -0.507 e. The summed E-state index contributed by atoms with van der Waals surface area (Å²) in [5, 5.41) is 23.5. The van der Waals surface area contributed by atoms with E-state index in [2.05, 4.69) is 58.9 Å². The highest BCUT2D eigenvalue weighted by molar-refractivity contribution is 6.06. The maximum atomic E-state index is 14.9. The Hall–Kier alpha value is -2.62. The van der Waals surface area contributed by atoms with Crippen molar-refractivity contribution >= 4 is 11.6 Å². The smallest absolute Gasteiger partial charge is 0.147 e. The Balaban J connectivity index is 2.62. The third-order valence-corrected chi connectivity index (χ3v) is 13.6. The van der Waals surface area contributed by atoms with Gasteiger partial charge >= 0.3 is 0 Å². The van der Waals surface area contributed by atoms with Crippen LogP contribution in [0.1, 0.15) is 268 Å². The number of phenols is 2. The van der Waals surface area contributed by atoms with Gasteiger partial charge in [0.1, 0.15) is 23.1 Å². The molecule has 0 aliphatic carbocycles. The molecular weight excluding hydrogens is 749 g/mol. The van der Waals surface area contributed by atoms with Gasteiger partial charge in [0.15, 0.2) is 0 Å². The van der Waals surface area contributed by atoms with Crippen molar-refractivity contribution in [1.29, 1.82) is 0 Å². The fourth-order valence-electron chi connectivity index (χ4n) is 9.54. The van der Waals surface area contributed by atoms with Crippen molar-refractivity contribution in [2.24, 2.45) is 5.41 Å². The van der Waals surface area contributed by atoms with E-state index in [0.29, 0.717) is 30.8 Å². The van der Waals surface area contributed by atoms with E-state index in [4.69, 9.17) is 0 Å². The molecule has 61 heavy (non-hydrogen) atoms. The molecule has 0 amide bonds. The molecule has 2 rings (SSSR count). The lowest BCUT2D eigenvalue weighted by Gasteiger charge is -2.32. The zero-order chi connectivity index (χ0) is 44.6. The van der Waals surface area contributed by atoms with Gasteiger partial charge in [-0.3, -0.25) is 9.59 Å². The number of carbonyl (C=O) groups is 2. The molecule has 2 N–H and O–H groups in total. The number of phenolic OH excluding ortho intramolecular Hbond substituents is 2. The Morgan fingerprint density at radius 1 is 0.393 bits per heavy atom. The predicted molar refractivity (Wildman–Crippen MR) is 263 cm³/mol. The van der Waals surface area contributed by atoms with Crippen LogP contribution in [-0.2, 0) is 48.1 Å². The summed E-state index contributed by atoms with van der Waals surface area (Å²) in [5.74, 6) is 0.858. The van der Waals surface area contributed by atoms with E-state index in [1.807, 2.05) is 0 Å². The summed E-state index contributed by atoms with van der Waals surface area (Å²) in [5.41, 5.74) is 4.72. The van der Waals surface area contributed by atoms with Gasteiger partial charge in [-0.05, 0) is 111 Å². The van der Waals surface area contributed by atoms with Gasteiger partial charge in [0.25, 0.3) is 0 Å². The van der Waals surface area contributed by atoms with E-state index in [0.717, 1.165) is 136 Å². The third kappa shape index (κ3) is 21.5. The van der Waals surface area contributed by atoms with Crippen LogP contribution >= 0.6 is 0 Å². The van der Waals surface area contributed by atoms with Crippen LogP contribution in [0.3, 0.4) is 0 Å². The van der Waals surface area contributed by atoms with Crippen LogP contribution < -0.4 is 0 Å². The van der Waals surface area contributed by atoms with Crippen molar-refractivity contribution in [3.8, 4) is 11.5 Å². The Labute approximate surface area is 377 Å². The molecule has 0 radical (unpaired) electrons. The maximum Gasteiger partial charge on any atom is 0.147 e. The molecule has 0 saturated heterocycles. The summed E-state index contributed by atoms with van der Waals surface area (Å²) in [6.07, 6.45) is 38.2. The van der Waals surface area contributed by atoms with Gasteiger partial charge in [0.05, 0.1) is 5.41 Å². The predicted octanol–water partition coefficient (Wildman–Crippen LogP) is 17.0. The standard InChI is InChI=1S/C57H96O4/c1-7-12-17-22-27-31-36-50-41-48(42-51(55(50)60)37-32-28-23-18-13-8-2)45-57(47(6)58,54(59)40-35-26-21-16-11-5)46-49-43-52(38-33-29-24-19-14-9-3)56(61)53(44-49)39-34-30-25-20-15-10-4/h41-44,60-61H,7-40,45-46H2,1-6H3. The van der Waals surface area contributed by atoms with Crippen molar-refractivity contribution in [3.05, 3.63) is 57.6 Å². The molecule has 0 aromatic heterocycles. The molecule has 2 aromatic carbocycles. The van der Waals surface area contributed by atoms with E-state index in [-0.39, 0.29) is 11.6 Å². The molecule has 4 heteroatoms. The molecule has 0 saturated carbocycles. The molecule has 0 aliphatic heterocycles. The van der Waals surface area contributed by atoms with Crippen molar-refractivity contribution in [2.75, 3.05) is 0 Å². The molecule has 0 fully saturated rings. The molecule has 0 unspecified atom stereocenters. The second-order valence-electron chi connectivity index (χ2n) is 19.2. The Kier molecular flexibility index (Phi) is 30.3. The van der Waals surface area contributed by atoms with E-state index in [1.54, 1.807) is 6.92 Å². The quantitative estimate of drug-likeness (QED) is 0.0518. The molecule has 0 atom stereocenters. The van der Waals surface area contributed by atoms with Gasteiger partial charge in [-0.1, -0.05) is 213 Å². The fraction of sp³-hybridized carbons (Fsp3) is 0.754. The van der Waals surface area contributed by atoms with Gasteiger partial charge in [0.2, 0.25) is 0 Å². The second-order valence-corrected chi connectivity index (χ2v) is 19.2. The second kappa shape index (κ2) is 33.9. The lowest BCUT2D eigenvalue weighted by molar-refractivity contribution is -0.139. The van der Waals surface area contributed by atoms with Crippen molar-refractivity contribution < 1.29 is 19.8 Å². The van der Waals surface area contributed by atoms with Crippen LogP contribution in [0.25, 0.3) is 0 Å². The molecule has 0 spiro atoms. The number of Topliss-reactive ketones (excluding diaryl/α,β-unsaturated/α-hetero) is 2. The first-order chi connectivity index (χ1) is 29.7. The van der Waals surface area contributed by atoms with Gasteiger partial charge in [-0.25, -0.2) is 0 Å². The largest absolute Gasteiger partial charge is 0.507 e. The zero-order valence-electron chi connectivity index (χ0n) is 41.0. The average Bonchev–Trinajstić information content (AvgIpc) is 3.24. The lowest BCUT2D eigenvalue weighted by atomic mass is 9.68. The number of unbranched alkanes of at least 4 members (excludes halogenated alkanes) is 24. The van der Waals surface area contributed by atoms with E-state index >= 15 is 0 Å². The lowest BCUT2D eigenvalue weighted by Crippen LogP contribution is -2.42. The number of benzene rings is 2. The monoisotopic (exact) mass is 845 g/mol. The van der Waals surface area contributed by atoms with Gasteiger partial charge in [-0.15, -0.1) is 0 Å². The number of hydrogen-bond donors (Lipinski definition) is 2. The first-order valence-corrected chi connectivity index (χ1v) is 26.4. The molecule has 0 aliphatic rings. The highest BCUT2D eigenvalue weighted by Gasteiger charge is 2.43. The summed E-state index contributed by atoms with van der Waals surface area (Å²) in [7, 11) is 0. The molecule has 2 aromatic rings. The van der Waals surface area contributed by atoms with Gasteiger partial charge in [-0.2, -0.15) is 0 Å². The van der Waals surface area contributed by atoms with Gasteiger partial charge < -0.3 is 10.2 Å². The van der Waals surface area contributed by atoms with Crippen molar-refractivity contribution in [2.45, 2.75) is 273 Å². The van der Waals surface area contributed by atoms with Gasteiger partial charge in [0, 0.05) is 6.42 Å². The topological polar surface area (TPSA) is 74.6 Å². The van der Waals surface area contributed by atoms with Crippen LogP contribution in [0.2, 0.25) is 0 Å². The summed E-state index contributed by atoms with van der Waals surface area (Å²) in [4.78, 5) is 29.3. The van der Waals surface area contributed by atoms with Crippen LogP contribution in [0.5, 0.6) is 11.5 Å². The number of aryl methyl sites for hydroxylation is 4. The number of rotatable bonds is 40. The van der Waals surface area contributed by atoms with E-state index in [9.17, 15) is 19.8 Å². The molecule has 4 nitrogen and oxygen atoms in total. The highest BCUT2D eigenvalue weighted by Crippen LogP contribution is 2.38. The molecule has 0 heterocycles. The van der Waals surface area contributed by atoms with E-state index in [1.165, 1.54) is 109 Å². The number of ketones is 2. The van der Waals surface area contributed by atoms with Crippen LogP contribution in [0, 0.1) is 5.41 Å². The molecule has 348 valence electrons. The SMILES string of the molecule is CCCCCCCCc1cc(CC(Cc2cc(CCCCCCCC)c(O)c(CCCCCCCC)c2)(C(C)=O)C(=O)CCCCCCC)cc(CCCCCCCC)c1O. The summed E-state index contributed by atoms with van der Waals surface area (Å²) < 4.78 is 0. The van der Waals surface area contributed by atoms with Crippen LogP contribution in [0.4, 0.5) is 0 Å². The third-order valence-electron chi connectivity index (χ3n) is 13.6. The summed E-state index contributed by atoms with van der Waals surface area (Å²) in [6.45, 7) is 12.9. The Morgan fingerprint density at radius 2 is 0.639 bits per heavy atom. The zero-order valence-corrected chi connectivity index (χ0v) is 41.0. The summed E-state index contributed by atoms with van der Waals surface area (Å²) in [6, 6.07) is 8.57. The Bertz CT molecular complexity index is 1290. The first kappa shape index (κ1) is 54.5. The van der Waals surface area contributed by atoms with Crippen molar-refractivity contribution in [3.63, 3.8) is 0 Å². The summed E-state index contributed by atoms with van der Waals surface area (Å²) >= 11 is 0. The normalized spacial score (nSPS) is 11.8. The first-order valence-electron chi connectivity index (χ1n) is 26.4. The number of carbonyl (C=O) groups excluding carboxylic acids is 2. The van der Waals surface area contributed by atoms with Crippen LogP contribution in [-0.4, -0.2) is 21.8 Å². The number of aromatic hydroxyl groups is 2. The Morgan fingerprint density at radius 3 is 0.902 bits per heavy atom. The average molecular weight is 845 g/mol. The van der Waals surface area contributed by atoms with Crippen molar-refractivity contribution in [1.82, 2.24) is 0 Å². The minimum absolute atomic E-state index is 0.0579. The molecular formula is C57H96O4. The number of hydrogen-bond acceptors (Lipinski definition) is 4. The molecule has 0 bridgehead atoms. The van der Waals surface area contributed by atoms with Crippen LogP contribution in [0.15, 0.2) is 24.3 Å². The fourth-order valence-corrected chi connectivity index (χ4v) is 9.54. The van der Waals surface area contributed by atoms with E-state index < -0.39 is 5.41 Å². The highest BCUT2D eigenvalue weighted by atomic mass is 16.3.